The number of nitrogens with one attached hydrogen (secondary N) is 1. The minimum Gasteiger partial charge on any atom is -0.329 e. The lowest BCUT2D eigenvalue weighted by molar-refractivity contribution is 0.168. The summed E-state index contributed by atoms with van der Waals surface area (Å²) in [6.07, 6.45) is 7.98. The molecule has 0 aromatic rings. The smallest absolute Gasteiger partial charge is 0.0306 e. The predicted octanol–water partition coefficient (Wildman–Crippen LogP) is 2.04. The summed E-state index contributed by atoms with van der Waals surface area (Å²) in [7, 11) is 0. The van der Waals surface area contributed by atoms with Gasteiger partial charge in [-0.15, -0.1) is 0 Å². The second-order valence-electron chi connectivity index (χ2n) is 6.09. The molecule has 0 aromatic heterocycles. The molecule has 0 spiro atoms. The maximum atomic E-state index is 5.85. The highest BCUT2D eigenvalue weighted by molar-refractivity contribution is 5.00. The van der Waals surface area contributed by atoms with Crippen molar-refractivity contribution in [1.29, 1.82) is 0 Å². The van der Waals surface area contributed by atoms with Gasteiger partial charge in [-0.2, -0.15) is 0 Å². The zero-order valence-corrected chi connectivity index (χ0v) is 9.60. The van der Waals surface area contributed by atoms with E-state index in [9.17, 15) is 0 Å². The van der Waals surface area contributed by atoms with Crippen LogP contribution in [0.2, 0.25) is 0 Å². The van der Waals surface area contributed by atoms with E-state index in [4.69, 9.17) is 5.73 Å². The number of rotatable bonds is 3. The third kappa shape index (κ3) is 1.96. The van der Waals surface area contributed by atoms with Crippen molar-refractivity contribution in [3.63, 3.8) is 0 Å². The van der Waals surface area contributed by atoms with Crippen LogP contribution in [0.3, 0.4) is 0 Å². The van der Waals surface area contributed by atoms with Crippen molar-refractivity contribution in [3.8, 4) is 0 Å². The molecule has 14 heavy (non-hydrogen) atoms. The second-order valence-corrected chi connectivity index (χ2v) is 6.09. The molecule has 0 aromatic carbocycles. The molecule has 2 nitrogen and oxygen atoms in total. The van der Waals surface area contributed by atoms with Gasteiger partial charge in [0.15, 0.2) is 0 Å². The van der Waals surface area contributed by atoms with Gasteiger partial charge in [-0.1, -0.05) is 13.8 Å². The van der Waals surface area contributed by atoms with E-state index < -0.39 is 0 Å². The molecule has 82 valence electrons. The molecule has 2 aliphatic rings. The van der Waals surface area contributed by atoms with Gasteiger partial charge in [0.2, 0.25) is 0 Å². The third-order valence-electron chi connectivity index (χ3n) is 4.18. The van der Waals surface area contributed by atoms with Crippen LogP contribution in [0, 0.1) is 5.41 Å². The van der Waals surface area contributed by atoms with Crippen LogP contribution in [-0.2, 0) is 0 Å². The van der Waals surface area contributed by atoms with Crippen LogP contribution in [0.15, 0.2) is 0 Å². The Bertz CT molecular complexity index is 201. The average Bonchev–Trinajstić information content (AvgIpc) is 2.38. The molecule has 0 bridgehead atoms. The molecular weight excluding hydrogens is 172 g/mol. The van der Waals surface area contributed by atoms with Crippen molar-refractivity contribution in [3.05, 3.63) is 0 Å². The normalized spacial score (nSPS) is 34.1. The summed E-state index contributed by atoms with van der Waals surface area (Å²) in [6, 6.07) is 0.730. The van der Waals surface area contributed by atoms with Gasteiger partial charge in [-0.3, -0.25) is 0 Å². The Morgan fingerprint density at radius 1 is 1.29 bits per heavy atom. The molecule has 0 saturated heterocycles. The third-order valence-corrected chi connectivity index (χ3v) is 4.18. The number of nitrogens with two attached hydrogens (primary N) is 1. The van der Waals surface area contributed by atoms with Crippen LogP contribution >= 0.6 is 0 Å². The molecule has 2 saturated carbocycles. The monoisotopic (exact) mass is 196 g/mol. The molecule has 0 amide bonds. The Labute approximate surface area is 87.6 Å². The van der Waals surface area contributed by atoms with Crippen LogP contribution in [0.5, 0.6) is 0 Å². The first-order valence-electron chi connectivity index (χ1n) is 6.03. The van der Waals surface area contributed by atoms with E-state index in [1.807, 2.05) is 0 Å². The summed E-state index contributed by atoms with van der Waals surface area (Å²) in [4.78, 5) is 0. The van der Waals surface area contributed by atoms with Gasteiger partial charge in [0.05, 0.1) is 0 Å². The van der Waals surface area contributed by atoms with Gasteiger partial charge in [0, 0.05) is 18.1 Å². The topological polar surface area (TPSA) is 38.0 Å². The highest BCUT2D eigenvalue weighted by Gasteiger charge is 2.40. The summed E-state index contributed by atoms with van der Waals surface area (Å²) in [5.74, 6) is 0. The fraction of sp³-hybridized carbons (Fsp3) is 1.00. The lowest BCUT2D eigenvalue weighted by Gasteiger charge is -2.44. The van der Waals surface area contributed by atoms with Crippen molar-refractivity contribution in [1.82, 2.24) is 5.32 Å². The quantitative estimate of drug-likeness (QED) is 0.725. The molecule has 0 heterocycles. The maximum absolute atomic E-state index is 5.85. The molecule has 2 heteroatoms. The fourth-order valence-corrected chi connectivity index (χ4v) is 3.00. The number of hydrogen-bond acceptors (Lipinski definition) is 2. The van der Waals surface area contributed by atoms with Crippen molar-refractivity contribution >= 4 is 0 Å². The largest absolute Gasteiger partial charge is 0.329 e. The van der Waals surface area contributed by atoms with Crippen LogP contribution in [0.25, 0.3) is 0 Å². The van der Waals surface area contributed by atoms with Crippen molar-refractivity contribution in [2.75, 3.05) is 6.54 Å². The Hall–Kier alpha value is -0.0800. The SMILES string of the molecule is CC1(C)CCC(NC2(CN)CCC2)C1. The minimum atomic E-state index is 0.324. The molecule has 2 fully saturated rings. The zero-order valence-electron chi connectivity index (χ0n) is 9.60. The van der Waals surface area contributed by atoms with E-state index in [1.165, 1.54) is 38.5 Å². The molecule has 2 aliphatic carbocycles. The van der Waals surface area contributed by atoms with Crippen LogP contribution in [0.1, 0.15) is 52.4 Å². The lowest BCUT2D eigenvalue weighted by atomic mass is 9.76. The standard InChI is InChI=1S/C12H24N2/c1-11(2)7-4-10(8-11)14-12(9-13)5-3-6-12/h10,14H,3-9,13H2,1-2H3. The van der Waals surface area contributed by atoms with E-state index >= 15 is 0 Å². The minimum absolute atomic E-state index is 0.324. The highest BCUT2D eigenvalue weighted by atomic mass is 15.0. The van der Waals surface area contributed by atoms with Gasteiger partial charge in [-0.05, 0) is 43.9 Å². The van der Waals surface area contributed by atoms with Crippen molar-refractivity contribution in [2.24, 2.45) is 11.1 Å². The molecule has 1 atom stereocenters. The zero-order chi connectivity index (χ0) is 10.2. The first kappa shape index (κ1) is 10.4. The molecule has 1 unspecified atom stereocenters. The highest BCUT2D eigenvalue weighted by Crippen LogP contribution is 2.40. The maximum Gasteiger partial charge on any atom is 0.0306 e. The van der Waals surface area contributed by atoms with E-state index in [2.05, 4.69) is 19.2 Å². The van der Waals surface area contributed by atoms with Crippen LogP contribution < -0.4 is 11.1 Å². The Kier molecular flexibility index (Phi) is 2.61. The van der Waals surface area contributed by atoms with Crippen LogP contribution in [-0.4, -0.2) is 18.1 Å². The van der Waals surface area contributed by atoms with E-state index in [0.29, 0.717) is 11.0 Å². The van der Waals surface area contributed by atoms with Gasteiger partial charge in [0.25, 0.3) is 0 Å². The first-order valence-corrected chi connectivity index (χ1v) is 6.03. The van der Waals surface area contributed by atoms with Gasteiger partial charge < -0.3 is 11.1 Å². The van der Waals surface area contributed by atoms with Crippen molar-refractivity contribution < 1.29 is 0 Å². The molecule has 0 radical (unpaired) electrons. The summed E-state index contributed by atoms with van der Waals surface area (Å²) in [6.45, 7) is 5.58. The Morgan fingerprint density at radius 3 is 2.36 bits per heavy atom. The van der Waals surface area contributed by atoms with E-state index in [1.54, 1.807) is 0 Å². The lowest BCUT2D eigenvalue weighted by Crippen LogP contribution is -2.59. The second kappa shape index (κ2) is 3.49. The van der Waals surface area contributed by atoms with E-state index in [-0.39, 0.29) is 0 Å². The van der Waals surface area contributed by atoms with E-state index in [0.717, 1.165) is 12.6 Å². The summed E-state index contributed by atoms with van der Waals surface area (Å²) in [5.41, 5.74) is 6.73. The van der Waals surface area contributed by atoms with Gasteiger partial charge in [0.1, 0.15) is 0 Å². The van der Waals surface area contributed by atoms with Gasteiger partial charge in [-0.25, -0.2) is 0 Å². The summed E-state index contributed by atoms with van der Waals surface area (Å²) >= 11 is 0. The molecule has 2 rings (SSSR count). The molecule has 0 aliphatic heterocycles. The average molecular weight is 196 g/mol. The fourth-order valence-electron chi connectivity index (χ4n) is 3.00. The van der Waals surface area contributed by atoms with Crippen LogP contribution in [0.4, 0.5) is 0 Å². The first-order chi connectivity index (χ1) is 6.55. The predicted molar refractivity (Wildman–Crippen MR) is 60.2 cm³/mol. The molecule has 3 N–H and O–H groups in total. The van der Waals surface area contributed by atoms with Gasteiger partial charge >= 0.3 is 0 Å². The summed E-state index contributed by atoms with van der Waals surface area (Å²) < 4.78 is 0. The Morgan fingerprint density at radius 2 is 2.00 bits per heavy atom. The number of hydrogen-bond donors (Lipinski definition) is 2. The Balaban J connectivity index is 1.86. The summed E-state index contributed by atoms with van der Waals surface area (Å²) in [5, 5.41) is 3.81. The molecular formula is C12H24N2. The van der Waals surface area contributed by atoms with Crippen molar-refractivity contribution in [2.45, 2.75) is 64.0 Å².